The summed E-state index contributed by atoms with van der Waals surface area (Å²) in [7, 11) is 0. The quantitative estimate of drug-likeness (QED) is 0.502. The topological polar surface area (TPSA) is 110 Å². The van der Waals surface area contributed by atoms with Crippen molar-refractivity contribution in [2.24, 2.45) is 0 Å². The number of aromatic nitrogens is 3. The standard InChI is InChI=1S/C18H10ClF3N4O4/c19-12-5-10(17(28)29)14-9(13(12)18(20,21)22)4-8(30-14)6-24-16(27)11-7-25-26-3-1-2-23-15(11)26/h1-5,7H,6H2,(H,24,27)(H,28,29). The molecule has 4 aromatic rings. The Bertz CT molecular complexity index is 1310. The van der Waals surface area contributed by atoms with Gasteiger partial charge in [0.1, 0.15) is 22.5 Å². The molecule has 4 rings (SSSR count). The zero-order valence-corrected chi connectivity index (χ0v) is 15.5. The number of carbonyl (C=O) groups excluding carboxylic acids is 1. The van der Waals surface area contributed by atoms with Gasteiger partial charge in [0, 0.05) is 17.8 Å². The summed E-state index contributed by atoms with van der Waals surface area (Å²) in [6.45, 7) is -0.300. The molecule has 0 radical (unpaired) electrons. The maximum absolute atomic E-state index is 13.4. The number of carboxylic acids is 1. The van der Waals surface area contributed by atoms with Crippen LogP contribution in [0.25, 0.3) is 16.6 Å². The summed E-state index contributed by atoms with van der Waals surface area (Å²) in [6, 6.07) is 3.32. The molecule has 30 heavy (non-hydrogen) atoms. The molecule has 12 heteroatoms. The third kappa shape index (κ3) is 3.32. The molecule has 0 saturated carbocycles. The van der Waals surface area contributed by atoms with Crippen LogP contribution in [0.1, 0.15) is 32.0 Å². The van der Waals surface area contributed by atoms with Crippen LogP contribution in [0.3, 0.4) is 0 Å². The molecule has 3 aromatic heterocycles. The smallest absolute Gasteiger partial charge is 0.418 e. The first-order valence-electron chi connectivity index (χ1n) is 8.28. The van der Waals surface area contributed by atoms with Crippen LogP contribution in [0.2, 0.25) is 5.02 Å². The van der Waals surface area contributed by atoms with Gasteiger partial charge >= 0.3 is 12.1 Å². The fraction of sp³-hybridized carbons (Fsp3) is 0.111. The van der Waals surface area contributed by atoms with E-state index in [9.17, 15) is 27.9 Å². The number of carbonyl (C=O) groups is 2. The molecule has 0 aliphatic carbocycles. The SMILES string of the molecule is O=C(O)c1cc(Cl)c(C(F)(F)F)c2cc(CNC(=O)c3cnn4cccnc34)oc12. The molecule has 0 aliphatic rings. The zero-order valence-electron chi connectivity index (χ0n) is 14.7. The average molecular weight is 439 g/mol. The number of alkyl halides is 3. The molecule has 0 spiro atoms. The van der Waals surface area contributed by atoms with E-state index in [-0.39, 0.29) is 17.9 Å². The number of amides is 1. The van der Waals surface area contributed by atoms with E-state index in [1.165, 1.54) is 16.9 Å². The number of nitrogens with one attached hydrogen (secondary N) is 1. The van der Waals surface area contributed by atoms with Crippen molar-refractivity contribution in [1.82, 2.24) is 19.9 Å². The van der Waals surface area contributed by atoms with Crippen molar-refractivity contribution < 1.29 is 32.3 Å². The molecule has 3 heterocycles. The molecule has 8 nitrogen and oxygen atoms in total. The summed E-state index contributed by atoms with van der Waals surface area (Å²) in [5.74, 6) is -2.17. The largest absolute Gasteiger partial charge is 0.478 e. The van der Waals surface area contributed by atoms with E-state index in [1.54, 1.807) is 12.3 Å². The lowest BCUT2D eigenvalue weighted by Gasteiger charge is -2.10. The molecule has 2 N–H and O–H groups in total. The van der Waals surface area contributed by atoms with Crippen LogP contribution < -0.4 is 5.32 Å². The number of fused-ring (bicyclic) bond motifs is 2. The minimum Gasteiger partial charge on any atom is -0.478 e. The van der Waals surface area contributed by atoms with Crippen molar-refractivity contribution >= 4 is 40.1 Å². The van der Waals surface area contributed by atoms with Gasteiger partial charge in [0.05, 0.1) is 23.3 Å². The van der Waals surface area contributed by atoms with Crippen molar-refractivity contribution in [2.45, 2.75) is 12.7 Å². The second-order valence-corrected chi connectivity index (χ2v) is 6.58. The Hall–Kier alpha value is -3.60. The fourth-order valence-electron chi connectivity index (χ4n) is 3.00. The number of halogens is 4. The highest BCUT2D eigenvalue weighted by Gasteiger charge is 2.37. The van der Waals surface area contributed by atoms with E-state index < -0.39 is 45.2 Å². The molecule has 0 saturated heterocycles. The summed E-state index contributed by atoms with van der Waals surface area (Å²) in [5.41, 5.74) is -1.78. The minimum atomic E-state index is -4.83. The van der Waals surface area contributed by atoms with Crippen LogP contribution in [-0.4, -0.2) is 31.6 Å². The summed E-state index contributed by atoms with van der Waals surface area (Å²) in [5, 5.41) is 14.5. The monoisotopic (exact) mass is 438 g/mol. The van der Waals surface area contributed by atoms with Crippen molar-refractivity contribution in [3.8, 4) is 0 Å². The predicted molar refractivity (Wildman–Crippen MR) is 97.3 cm³/mol. The number of hydrogen-bond acceptors (Lipinski definition) is 5. The summed E-state index contributed by atoms with van der Waals surface area (Å²) >= 11 is 5.69. The maximum Gasteiger partial charge on any atom is 0.418 e. The van der Waals surface area contributed by atoms with Gasteiger partial charge in [0.15, 0.2) is 5.65 Å². The first-order valence-corrected chi connectivity index (χ1v) is 8.66. The summed E-state index contributed by atoms with van der Waals surface area (Å²) in [4.78, 5) is 27.9. The molecule has 0 unspecified atom stereocenters. The predicted octanol–water partition coefficient (Wildman–Crippen LogP) is 3.78. The first-order chi connectivity index (χ1) is 14.2. The molecule has 154 valence electrons. The Labute approximate surface area is 169 Å². The van der Waals surface area contributed by atoms with Crippen LogP contribution >= 0.6 is 11.6 Å². The third-order valence-electron chi connectivity index (χ3n) is 4.27. The highest BCUT2D eigenvalue weighted by molar-refractivity contribution is 6.33. The molecule has 0 bridgehead atoms. The van der Waals surface area contributed by atoms with E-state index in [2.05, 4.69) is 15.4 Å². The lowest BCUT2D eigenvalue weighted by atomic mass is 10.1. The minimum absolute atomic E-state index is 0.0851. The van der Waals surface area contributed by atoms with Crippen LogP contribution in [0, 0.1) is 0 Å². The van der Waals surface area contributed by atoms with Crippen molar-refractivity contribution in [3.05, 3.63) is 64.3 Å². The second kappa shape index (κ2) is 7.02. The highest BCUT2D eigenvalue weighted by Crippen LogP contribution is 2.42. The Balaban J connectivity index is 1.69. The molecule has 0 atom stereocenters. The Morgan fingerprint density at radius 2 is 2.03 bits per heavy atom. The molecule has 0 aliphatic heterocycles. The number of hydrogen-bond donors (Lipinski definition) is 2. The van der Waals surface area contributed by atoms with E-state index in [0.29, 0.717) is 11.7 Å². The number of furan rings is 1. The second-order valence-electron chi connectivity index (χ2n) is 6.17. The van der Waals surface area contributed by atoms with Crippen LogP contribution in [0.5, 0.6) is 0 Å². The van der Waals surface area contributed by atoms with Crippen LogP contribution in [0.4, 0.5) is 13.2 Å². The summed E-state index contributed by atoms with van der Waals surface area (Å²) < 4.78 is 46.9. The summed E-state index contributed by atoms with van der Waals surface area (Å²) in [6.07, 6.45) is -0.475. The Morgan fingerprint density at radius 1 is 1.27 bits per heavy atom. The molecule has 0 fully saturated rings. The van der Waals surface area contributed by atoms with Gasteiger partial charge in [0.2, 0.25) is 0 Å². The van der Waals surface area contributed by atoms with Gasteiger partial charge < -0.3 is 14.8 Å². The maximum atomic E-state index is 13.4. The van der Waals surface area contributed by atoms with E-state index >= 15 is 0 Å². The molecule has 1 aromatic carbocycles. The number of aromatic carboxylic acids is 1. The van der Waals surface area contributed by atoms with E-state index in [1.807, 2.05) is 0 Å². The Morgan fingerprint density at radius 3 is 2.73 bits per heavy atom. The van der Waals surface area contributed by atoms with Gasteiger partial charge in [0.25, 0.3) is 5.91 Å². The molecular formula is C18H10ClF3N4O4. The van der Waals surface area contributed by atoms with E-state index in [0.717, 1.165) is 6.07 Å². The normalized spacial score (nSPS) is 11.9. The van der Waals surface area contributed by atoms with Gasteiger partial charge in [-0.2, -0.15) is 18.3 Å². The highest BCUT2D eigenvalue weighted by atomic mass is 35.5. The Kier molecular flexibility index (Phi) is 4.61. The average Bonchev–Trinajstić information content (AvgIpc) is 3.28. The number of benzene rings is 1. The van der Waals surface area contributed by atoms with Gasteiger partial charge in [-0.3, -0.25) is 4.79 Å². The molecular weight excluding hydrogens is 429 g/mol. The number of nitrogens with zero attached hydrogens (tertiary/aromatic N) is 3. The van der Waals surface area contributed by atoms with Gasteiger partial charge in [-0.15, -0.1) is 0 Å². The zero-order chi connectivity index (χ0) is 21.6. The third-order valence-corrected chi connectivity index (χ3v) is 4.57. The number of rotatable bonds is 4. The van der Waals surface area contributed by atoms with E-state index in [4.69, 9.17) is 16.0 Å². The van der Waals surface area contributed by atoms with Crippen molar-refractivity contribution in [2.75, 3.05) is 0 Å². The van der Waals surface area contributed by atoms with Crippen LogP contribution in [0.15, 0.2) is 41.2 Å². The van der Waals surface area contributed by atoms with Gasteiger partial charge in [-0.1, -0.05) is 11.6 Å². The van der Waals surface area contributed by atoms with Gasteiger partial charge in [-0.05, 0) is 18.2 Å². The fourth-order valence-corrected chi connectivity index (χ4v) is 3.32. The lowest BCUT2D eigenvalue weighted by Crippen LogP contribution is -2.22. The molecule has 1 amide bonds. The van der Waals surface area contributed by atoms with Gasteiger partial charge in [-0.25, -0.2) is 14.3 Å². The van der Waals surface area contributed by atoms with Crippen molar-refractivity contribution in [3.63, 3.8) is 0 Å². The number of carboxylic acid groups (broad SMARTS) is 1. The van der Waals surface area contributed by atoms with Crippen molar-refractivity contribution in [1.29, 1.82) is 0 Å². The first kappa shape index (κ1) is 19.7. The van der Waals surface area contributed by atoms with Crippen LogP contribution in [-0.2, 0) is 12.7 Å². The lowest BCUT2D eigenvalue weighted by molar-refractivity contribution is -0.136.